The Hall–Kier alpha value is -2.15. The normalized spacial score (nSPS) is 21.5. The Kier molecular flexibility index (Phi) is 5.06. The first kappa shape index (κ1) is 17.3. The van der Waals surface area contributed by atoms with Crippen molar-refractivity contribution in [1.82, 2.24) is 29.8 Å². The van der Waals surface area contributed by atoms with Crippen LogP contribution in [0.5, 0.6) is 0 Å². The van der Waals surface area contributed by atoms with Gasteiger partial charge in [0, 0.05) is 37.6 Å². The second kappa shape index (κ2) is 7.61. The highest BCUT2D eigenvalue weighted by Crippen LogP contribution is 2.21. The molecule has 1 amide bonds. The van der Waals surface area contributed by atoms with Crippen LogP contribution in [0.1, 0.15) is 54.7 Å². The molecule has 1 atom stereocenters. The Morgan fingerprint density at radius 1 is 1.27 bits per heavy atom. The van der Waals surface area contributed by atoms with Crippen LogP contribution in [0.3, 0.4) is 0 Å². The maximum Gasteiger partial charge on any atom is 0.273 e. The van der Waals surface area contributed by atoms with Crippen LogP contribution in [-0.4, -0.2) is 49.0 Å². The molecule has 0 unspecified atom stereocenters. The average Bonchev–Trinajstić information content (AvgIpc) is 3.39. The summed E-state index contributed by atoms with van der Waals surface area (Å²) < 4.78 is 4.01. The summed E-state index contributed by atoms with van der Waals surface area (Å²) in [4.78, 5) is 14.8. The number of nitrogens with zero attached hydrogens (tertiary/aromatic N) is 5. The quantitative estimate of drug-likeness (QED) is 0.859. The summed E-state index contributed by atoms with van der Waals surface area (Å²) in [6, 6.07) is 5.02. The zero-order chi connectivity index (χ0) is 17.9. The summed E-state index contributed by atoms with van der Waals surface area (Å²) >= 11 is 0. The molecule has 0 spiro atoms. The van der Waals surface area contributed by atoms with Gasteiger partial charge < -0.3 is 9.88 Å². The lowest BCUT2D eigenvalue weighted by atomic mass is 10.2. The van der Waals surface area contributed by atoms with Gasteiger partial charge in [0.05, 0.1) is 12.7 Å². The summed E-state index contributed by atoms with van der Waals surface area (Å²) in [5.41, 5.74) is 1.76. The second-order valence-electron chi connectivity index (χ2n) is 7.66. The molecule has 2 aromatic rings. The Morgan fingerprint density at radius 3 is 2.88 bits per heavy atom. The standard InChI is InChI=1S/C19H28N6O/c1-23-10-4-8-16(23)12-24-11-5-9-17(24)13-25-14-18(21-22-25)19(26)20-15-6-2-3-7-15/h4,8,10,14-15,17H,2-3,5-7,9,11-13H2,1H3,(H,20,26)/t17-/m0/s1. The number of hydrogen-bond donors (Lipinski definition) is 1. The Balaban J connectivity index is 1.35. The third-order valence-corrected chi connectivity index (χ3v) is 5.77. The predicted molar refractivity (Wildman–Crippen MR) is 98.6 cm³/mol. The molecule has 7 heteroatoms. The molecule has 26 heavy (non-hydrogen) atoms. The van der Waals surface area contributed by atoms with E-state index in [1.165, 1.54) is 25.0 Å². The SMILES string of the molecule is Cn1cccc1CN1CCC[C@H]1Cn1cc(C(=O)NC2CCCC2)nn1. The lowest BCUT2D eigenvalue weighted by Crippen LogP contribution is -2.33. The molecule has 2 aromatic heterocycles. The van der Waals surface area contributed by atoms with Crippen molar-refractivity contribution in [3.05, 3.63) is 35.9 Å². The number of amides is 1. The van der Waals surface area contributed by atoms with Gasteiger partial charge >= 0.3 is 0 Å². The van der Waals surface area contributed by atoms with Gasteiger partial charge in [0.25, 0.3) is 5.91 Å². The van der Waals surface area contributed by atoms with E-state index >= 15 is 0 Å². The molecule has 2 aliphatic rings. The molecule has 1 N–H and O–H groups in total. The van der Waals surface area contributed by atoms with Crippen LogP contribution in [0.25, 0.3) is 0 Å². The van der Waals surface area contributed by atoms with Crippen LogP contribution in [-0.2, 0) is 20.1 Å². The zero-order valence-electron chi connectivity index (χ0n) is 15.5. The number of nitrogens with one attached hydrogen (secondary N) is 1. The van der Waals surface area contributed by atoms with E-state index in [0.29, 0.717) is 17.8 Å². The van der Waals surface area contributed by atoms with Crippen molar-refractivity contribution in [2.75, 3.05) is 6.54 Å². The van der Waals surface area contributed by atoms with Crippen LogP contribution in [0.2, 0.25) is 0 Å². The van der Waals surface area contributed by atoms with Gasteiger partial charge in [-0.2, -0.15) is 0 Å². The maximum atomic E-state index is 12.3. The molecular formula is C19H28N6O. The minimum atomic E-state index is -0.0877. The molecule has 0 bridgehead atoms. The monoisotopic (exact) mass is 356 g/mol. The van der Waals surface area contributed by atoms with Crippen molar-refractivity contribution in [1.29, 1.82) is 0 Å². The third-order valence-electron chi connectivity index (χ3n) is 5.77. The highest BCUT2D eigenvalue weighted by Gasteiger charge is 2.26. The van der Waals surface area contributed by atoms with Crippen molar-refractivity contribution in [3.63, 3.8) is 0 Å². The van der Waals surface area contributed by atoms with E-state index in [-0.39, 0.29) is 5.91 Å². The summed E-state index contributed by atoms with van der Waals surface area (Å²) in [6.07, 6.45) is 10.8. The summed E-state index contributed by atoms with van der Waals surface area (Å²) in [6.45, 7) is 2.85. The molecular weight excluding hydrogens is 328 g/mol. The number of carbonyl (C=O) groups excluding carboxylic acids is 1. The first-order valence-electron chi connectivity index (χ1n) is 9.74. The molecule has 3 heterocycles. The molecule has 0 aromatic carbocycles. The number of carbonyl (C=O) groups is 1. The van der Waals surface area contributed by atoms with E-state index < -0.39 is 0 Å². The van der Waals surface area contributed by atoms with E-state index in [9.17, 15) is 4.79 Å². The van der Waals surface area contributed by atoms with Gasteiger partial charge in [-0.25, -0.2) is 0 Å². The van der Waals surface area contributed by atoms with Gasteiger partial charge in [0.1, 0.15) is 0 Å². The highest BCUT2D eigenvalue weighted by atomic mass is 16.2. The van der Waals surface area contributed by atoms with Gasteiger partial charge in [-0.3, -0.25) is 14.4 Å². The Morgan fingerprint density at radius 2 is 2.12 bits per heavy atom. The van der Waals surface area contributed by atoms with E-state index in [4.69, 9.17) is 0 Å². The molecule has 0 radical (unpaired) electrons. The van der Waals surface area contributed by atoms with Crippen LogP contribution in [0, 0.1) is 0 Å². The second-order valence-corrected chi connectivity index (χ2v) is 7.66. The van der Waals surface area contributed by atoms with Crippen LogP contribution in [0.4, 0.5) is 0 Å². The zero-order valence-corrected chi connectivity index (χ0v) is 15.5. The minimum absolute atomic E-state index is 0.0877. The largest absolute Gasteiger partial charge is 0.353 e. The van der Waals surface area contributed by atoms with Crippen molar-refractivity contribution in [2.45, 2.75) is 63.7 Å². The fraction of sp³-hybridized carbons (Fsp3) is 0.632. The minimum Gasteiger partial charge on any atom is -0.353 e. The number of hydrogen-bond acceptors (Lipinski definition) is 4. The fourth-order valence-corrected chi connectivity index (χ4v) is 4.22. The fourth-order valence-electron chi connectivity index (χ4n) is 4.22. The number of aryl methyl sites for hydroxylation is 1. The lowest BCUT2D eigenvalue weighted by molar-refractivity contribution is 0.0932. The summed E-state index contributed by atoms with van der Waals surface area (Å²) in [5, 5.41) is 11.4. The van der Waals surface area contributed by atoms with Gasteiger partial charge in [0.15, 0.2) is 5.69 Å². The van der Waals surface area contributed by atoms with Crippen molar-refractivity contribution < 1.29 is 4.79 Å². The van der Waals surface area contributed by atoms with Crippen molar-refractivity contribution >= 4 is 5.91 Å². The lowest BCUT2D eigenvalue weighted by Gasteiger charge is -2.24. The highest BCUT2D eigenvalue weighted by molar-refractivity contribution is 5.92. The molecule has 1 aliphatic carbocycles. The van der Waals surface area contributed by atoms with Gasteiger partial charge in [-0.15, -0.1) is 5.10 Å². The van der Waals surface area contributed by atoms with Crippen LogP contribution >= 0.6 is 0 Å². The van der Waals surface area contributed by atoms with E-state index in [1.807, 2.05) is 4.68 Å². The van der Waals surface area contributed by atoms with Gasteiger partial charge in [-0.05, 0) is 44.4 Å². The summed E-state index contributed by atoms with van der Waals surface area (Å²) in [7, 11) is 2.09. The number of likely N-dealkylation sites (tertiary alicyclic amines) is 1. The number of aromatic nitrogens is 4. The first-order chi connectivity index (χ1) is 12.7. The van der Waals surface area contributed by atoms with E-state index in [0.717, 1.165) is 38.9 Å². The van der Waals surface area contributed by atoms with E-state index in [2.05, 4.69) is 50.5 Å². The molecule has 4 rings (SSSR count). The molecule has 2 fully saturated rings. The first-order valence-corrected chi connectivity index (χ1v) is 9.74. The maximum absolute atomic E-state index is 12.3. The average molecular weight is 356 g/mol. The third kappa shape index (κ3) is 3.82. The molecule has 1 aliphatic heterocycles. The summed E-state index contributed by atoms with van der Waals surface area (Å²) in [5.74, 6) is -0.0877. The Labute approximate surface area is 154 Å². The van der Waals surface area contributed by atoms with E-state index in [1.54, 1.807) is 6.20 Å². The molecule has 140 valence electrons. The van der Waals surface area contributed by atoms with Gasteiger partial charge in [0.2, 0.25) is 0 Å². The Bertz CT molecular complexity index is 745. The molecule has 1 saturated carbocycles. The van der Waals surface area contributed by atoms with Crippen LogP contribution < -0.4 is 5.32 Å². The molecule has 1 saturated heterocycles. The number of rotatable bonds is 6. The molecule has 7 nitrogen and oxygen atoms in total. The van der Waals surface area contributed by atoms with Crippen molar-refractivity contribution in [3.8, 4) is 0 Å². The smallest absolute Gasteiger partial charge is 0.273 e. The van der Waals surface area contributed by atoms with Crippen LogP contribution in [0.15, 0.2) is 24.5 Å². The van der Waals surface area contributed by atoms with Gasteiger partial charge in [-0.1, -0.05) is 18.1 Å². The predicted octanol–water partition coefficient (Wildman–Crippen LogP) is 1.95. The van der Waals surface area contributed by atoms with Crippen molar-refractivity contribution in [2.24, 2.45) is 7.05 Å². The topological polar surface area (TPSA) is 68.0 Å².